The molecule has 1 amide bonds. The van der Waals surface area contributed by atoms with E-state index in [1.165, 1.54) is 0 Å². The number of hydrogen-bond donors (Lipinski definition) is 2. The molecule has 5 heteroatoms. The van der Waals surface area contributed by atoms with Crippen LogP contribution < -0.4 is 11.1 Å². The van der Waals surface area contributed by atoms with E-state index in [-0.39, 0.29) is 11.9 Å². The molecule has 5 nitrogen and oxygen atoms in total. The van der Waals surface area contributed by atoms with Crippen LogP contribution in [0.25, 0.3) is 0 Å². The molecular formula is C15H24N4O. The number of carbonyl (C=O) groups is 1. The molecule has 110 valence electrons. The number of carbonyl (C=O) groups excluding carboxylic acids is 1. The van der Waals surface area contributed by atoms with Crippen molar-refractivity contribution in [2.75, 3.05) is 20.1 Å². The number of likely N-dealkylation sites (N-methyl/N-ethyl adjacent to an activating group) is 1. The monoisotopic (exact) mass is 276 g/mol. The molecule has 1 saturated carbocycles. The molecule has 1 atom stereocenters. The second-order valence-electron chi connectivity index (χ2n) is 5.49. The lowest BCUT2D eigenvalue weighted by Gasteiger charge is -2.26. The molecule has 3 N–H and O–H groups in total. The van der Waals surface area contributed by atoms with Gasteiger partial charge >= 0.3 is 0 Å². The van der Waals surface area contributed by atoms with Gasteiger partial charge < -0.3 is 16.0 Å². The predicted octanol–water partition coefficient (Wildman–Crippen LogP) is 0.552. The third-order valence-electron chi connectivity index (χ3n) is 3.71. The minimum Gasteiger partial charge on any atom is -0.353 e. The van der Waals surface area contributed by atoms with Crippen LogP contribution in [0.4, 0.5) is 0 Å². The number of nitrogens with zero attached hydrogens (tertiary/aromatic N) is 2. The summed E-state index contributed by atoms with van der Waals surface area (Å²) in [6, 6.07) is 6.44. The standard InChI is InChI=1S/C15H24N4O/c1-19(9-7-12-4-2-3-8-17-12)14(11-16)10-15(20)18-13-5-6-13/h2-4,8,13-14H,5-7,9-11,16H2,1H3,(H,18,20). The SMILES string of the molecule is CN(CCc1ccccn1)C(CN)CC(=O)NC1CC1. The Morgan fingerprint density at radius 2 is 2.35 bits per heavy atom. The minimum absolute atomic E-state index is 0.0949. The summed E-state index contributed by atoms with van der Waals surface area (Å²) in [5, 5.41) is 3.01. The van der Waals surface area contributed by atoms with Gasteiger partial charge in [0.05, 0.1) is 0 Å². The number of nitrogens with one attached hydrogen (secondary N) is 1. The molecule has 20 heavy (non-hydrogen) atoms. The van der Waals surface area contributed by atoms with Crippen molar-refractivity contribution in [1.29, 1.82) is 0 Å². The number of hydrogen-bond acceptors (Lipinski definition) is 4. The molecule has 1 fully saturated rings. The zero-order chi connectivity index (χ0) is 14.4. The van der Waals surface area contributed by atoms with Gasteiger partial charge in [0.2, 0.25) is 5.91 Å². The fourth-order valence-electron chi connectivity index (χ4n) is 2.17. The van der Waals surface area contributed by atoms with Crippen molar-refractivity contribution in [1.82, 2.24) is 15.2 Å². The lowest BCUT2D eigenvalue weighted by atomic mass is 10.1. The minimum atomic E-state index is 0.0949. The maximum atomic E-state index is 11.8. The quantitative estimate of drug-likeness (QED) is 0.727. The first-order valence-electron chi connectivity index (χ1n) is 7.28. The highest BCUT2D eigenvalue weighted by Gasteiger charge is 2.25. The van der Waals surface area contributed by atoms with Crippen LogP contribution in [0, 0.1) is 0 Å². The summed E-state index contributed by atoms with van der Waals surface area (Å²) in [5.41, 5.74) is 6.87. The van der Waals surface area contributed by atoms with Crippen LogP contribution in [0.1, 0.15) is 25.0 Å². The summed E-state index contributed by atoms with van der Waals surface area (Å²) in [5.74, 6) is 0.118. The first-order chi connectivity index (χ1) is 9.69. The summed E-state index contributed by atoms with van der Waals surface area (Å²) >= 11 is 0. The molecule has 0 bridgehead atoms. The van der Waals surface area contributed by atoms with Crippen molar-refractivity contribution in [3.8, 4) is 0 Å². The van der Waals surface area contributed by atoms with Crippen LogP contribution in [0.15, 0.2) is 24.4 Å². The van der Waals surface area contributed by atoms with E-state index in [0.717, 1.165) is 31.5 Å². The number of aromatic nitrogens is 1. The van der Waals surface area contributed by atoms with E-state index in [2.05, 4.69) is 15.2 Å². The van der Waals surface area contributed by atoms with Crippen molar-refractivity contribution in [2.24, 2.45) is 5.73 Å². The molecule has 0 saturated heterocycles. The van der Waals surface area contributed by atoms with Crippen LogP contribution in [0.2, 0.25) is 0 Å². The molecule has 1 heterocycles. The summed E-state index contributed by atoms with van der Waals surface area (Å²) < 4.78 is 0. The van der Waals surface area contributed by atoms with Crippen molar-refractivity contribution in [2.45, 2.75) is 37.8 Å². The topological polar surface area (TPSA) is 71.2 Å². The van der Waals surface area contributed by atoms with Gasteiger partial charge in [-0.25, -0.2) is 0 Å². The van der Waals surface area contributed by atoms with E-state index in [1.54, 1.807) is 6.20 Å². The molecule has 0 radical (unpaired) electrons. The largest absolute Gasteiger partial charge is 0.353 e. The maximum absolute atomic E-state index is 11.8. The van der Waals surface area contributed by atoms with Crippen LogP contribution in [0.5, 0.6) is 0 Å². The second-order valence-corrected chi connectivity index (χ2v) is 5.49. The smallest absolute Gasteiger partial charge is 0.221 e. The summed E-state index contributed by atoms with van der Waals surface area (Å²) in [6.07, 6.45) is 5.39. The highest BCUT2D eigenvalue weighted by molar-refractivity contribution is 5.77. The summed E-state index contributed by atoms with van der Waals surface area (Å²) in [4.78, 5) is 18.3. The highest BCUT2D eigenvalue weighted by Crippen LogP contribution is 2.19. The summed E-state index contributed by atoms with van der Waals surface area (Å²) in [6.45, 7) is 1.35. The van der Waals surface area contributed by atoms with Gasteiger partial charge in [-0.3, -0.25) is 9.78 Å². The Morgan fingerprint density at radius 3 is 2.95 bits per heavy atom. The zero-order valence-electron chi connectivity index (χ0n) is 12.1. The third kappa shape index (κ3) is 4.90. The van der Waals surface area contributed by atoms with Gasteiger partial charge in [-0.05, 0) is 32.0 Å². The Balaban J connectivity index is 1.75. The average Bonchev–Trinajstić information content (AvgIpc) is 3.27. The van der Waals surface area contributed by atoms with Gasteiger partial charge in [-0.15, -0.1) is 0 Å². The Bertz CT molecular complexity index is 419. The Kier molecular flexibility index (Phi) is 5.49. The van der Waals surface area contributed by atoms with Crippen molar-refractivity contribution in [3.63, 3.8) is 0 Å². The normalized spacial score (nSPS) is 16.1. The molecule has 1 aliphatic rings. The summed E-state index contributed by atoms with van der Waals surface area (Å²) in [7, 11) is 2.02. The third-order valence-corrected chi connectivity index (χ3v) is 3.71. The Morgan fingerprint density at radius 1 is 1.55 bits per heavy atom. The van der Waals surface area contributed by atoms with E-state index < -0.39 is 0 Å². The molecule has 0 spiro atoms. The van der Waals surface area contributed by atoms with Crippen molar-refractivity contribution in [3.05, 3.63) is 30.1 Å². The molecule has 0 aromatic carbocycles. The van der Waals surface area contributed by atoms with E-state index in [0.29, 0.717) is 19.0 Å². The molecule has 1 unspecified atom stereocenters. The van der Waals surface area contributed by atoms with Gasteiger partial charge in [-0.1, -0.05) is 6.07 Å². The molecule has 1 aromatic rings. The first kappa shape index (κ1) is 14.9. The van der Waals surface area contributed by atoms with Crippen LogP contribution in [-0.4, -0.2) is 48.0 Å². The van der Waals surface area contributed by atoms with Crippen LogP contribution in [-0.2, 0) is 11.2 Å². The number of amides is 1. The lowest BCUT2D eigenvalue weighted by molar-refractivity contribution is -0.122. The number of rotatable bonds is 8. The molecule has 2 rings (SSSR count). The van der Waals surface area contributed by atoms with Gasteiger partial charge in [0.25, 0.3) is 0 Å². The first-order valence-corrected chi connectivity index (χ1v) is 7.28. The van der Waals surface area contributed by atoms with E-state index in [4.69, 9.17) is 5.73 Å². The van der Waals surface area contributed by atoms with E-state index in [1.807, 2.05) is 25.2 Å². The lowest BCUT2D eigenvalue weighted by Crippen LogP contribution is -2.43. The predicted molar refractivity (Wildman–Crippen MR) is 79.2 cm³/mol. The Labute approximate surface area is 120 Å². The van der Waals surface area contributed by atoms with Gasteiger partial charge in [-0.2, -0.15) is 0 Å². The average molecular weight is 276 g/mol. The van der Waals surface area contributed by atoms with Crippen molar-refractivity contribution >= 4 is 5.91 Å². The zero-order valence-corrected chi connectivity index (χ0v) is 12.1. The van der Waals surface area contributed by atoms with E-state index in [9.17, 15) is 4.79 Å². The van der Waals surface area contributed by atoms with Crippen LogP contribution >= 0.6 is 0 Å². The second kappa shape index (κ2) is 7.36. The highest BCUT2D eigenvalue weighted by atomic mass is 16.1. The Hall–Kier alpha value is -1.46. The van der Waals surface area contributed by atoms with Gasteiger partial charge in [0, 0.05) is 49.9 Å². The van der Waals surface area contributed by atoms with Gasteiger partial charge in [0.1, 0.15) is 0 Å². The molecular weight excluding hydrogens is 252 g/mol. The molecule has 1 aliphatic carbocycles. The molecule has 1 aromatic heterocycles. The van der Waals surface area contributed by atoms with Crippen molar-refractivity contribution < 1.29 is 4.79 Å². The fraction of sp³-hybridized carbons (Fsp3) is 0.600. The maximum Gasteiger partial charge on any atom is 0.221 e. The fourth-order valence-corrected chi connectivity index (χ4v) is 2.17. The van der Waals surface area contributed by atoms with Gasteiger partial charge in [0.15, 0.2) is 0 Å². The molecule has 0 aliphatic heterocycles. The number of pyridine rings is 1. The number of nitrogens with two attached hydrogens (primary N) is 1. The van der Waals surface area contributed by atoms with E-state index >= 15 is 0 Å². The van der Waals surface area contributed by atoms with Crippen LogP contribution in [0.3, 0.4) is 0 Å².